The summed E-state index contributed by atoms with van der Waals surface area (Å²) in [4.78, 5) is 16.7. The van der Waals surface area contributed by atoms with E-state index < -0.39 is 9.84 Å². The van der Waals surface area contributed by atoms with E-state index in [0.717, 1.165) is 32.3 Å². The quantitative estimate of drug-likeness (QED) is 0.773. The Hall–Kier alpha value is -1.84. The predicted octanol–water partition coefficient (Wildman–Crippen LogP) is 0.871. The molecule has 5 nitrogen and oxygen atoms in total. The Morgan fingerprint density at radius 3 is 2.27 bits per heavy atom. The van der Waals surface area contributed by atoms with Crippen LogP contribution in [0.15, 0.2) is 29.2 Å². The zero-order valence-electron chi connectivity index (χ0n) is 12.7. The van der Waals surface area contributed by atoms with Crippen LogP contribution in [0.5, 0.6) is 0 Å². The minimum Gasteiger partial charge on any atom is -0.336 e. The largest absolute Gasteiger partial charge is 0.336 e. The van der Waals surface area contributed by atoms with E-state index >= 15 is 0 Å². The van der Waals surface area contributed by atoms with Crippen molar-refractivity contribution in [3.05, 3.63) is 29.8 Å². The highest BCUT2D eigenvalue weighted by molar-refractivity contribution is 7.90. The molecule has 1 aromatic rings. The molecule has 1 aliphatic heterocycles. The molecule has 1 amide bonds. The van der Waals surface area contributed by atoms with Gasteiger partial charge in [0.25, 0.3) is 5.91 Å². The maximum absolute atomic E-state index is 12.4. The van der Waals surface area contributed by atoms with Crippen LogP contribution >= 0.6 is 0 Å². The molecule has 1 aliphatic rings. The van der Waals surface area contributed by atoms with Gasteiger partial charge in [0, 0.05) is 51.0 Å². The third kappa shape index (κ3) is 4.09. The van der Waals surface area contributed by atoms with Gasteiger partial charge in [0.1, 0.15) is 0 Å². The third-order valence-electron chi connectivity index (χ3n) is 3.76. The van der Waals surface area contributed by atoms with Crippen LogP contribution in [0.3, 0.4) is 0 Å². The standard InChI is InChI=1S/C16H20N2O3S/c1-3-4-9-17-10-12-18(13-11-17)16(19)14-5-7-15(8-6-14)22(2,20)21/h1,5-8H,4,9-13H2,2H3. The maximum atomic E-state index is 12.4. The van der Waals surface area contributed by atoms with Crippen molar-refractivity contribution in [2.75, 3.05) is 39.0 Å². The lowest BCUT2D eigenvalue weighted by atomic mass is 10.2. The molecule has 0 N–H and O–H groups in total. The van der Waals surface area contributed by atoms with Crippen LogP contribution in [0.2, 0.25) is 0 Å². The zero-order valence-corrected chi connectivity index (χ0v) is 13.5. The molecule has 0 atom stereocenters. The predicted molar refractivity (Wildman–Crippen MR) is 85.3 cm³/mol. The summed E-state index contributed by atoms with van der Waals surface area (Å²) in [5.74, 6) is 2.56. The number of piperazine rings is 1. The fraction of sp³-hybridized carbons (Fsp3) is 0.438. The molecule has 0 spiro atoms. The summed E-state index contributed by atoms with van der Waals surface area (Å²) in [5.41, 5.74) is 0.518. The number of hydrogen-bond donors (Lipinski definition) is 0. The first-order valence-electron chi connectivity index (χ1n) is 7.17. The van der Waals surface area contributed by atoms with Crippen LogP contribution in [0.4, 0.5) is 0 Å². The van der Waals surface area contributed by atoms with Crippen molar-refractivity contribution in [2.45, 2.75) is 11.3 Å². The van der Waals surface area contributed by atoms with Gasteiger partial charge in [-0.3, -0.25) is 9.69 Å². The topological polar surface area (TPSA) is 57.7 Å². The van der Waals surface area contributed by atoms with Crippen molar-refractivity contribution in [1.29, 1.82) is 0 Å². The van der Waals surface area contributed by atoms with Crippen LogP contribution in [0.25, 0.3) is 0 Å². The number of carbonyl (C=O) groups is 1. The minimum absolute atomic E-state index is 0.0587. The van der Waals surface area contributed by atoms with Crippen molar-refractivity contribution in [2.24, 2.45) is 0 Å². The molecule has 22 heavy (non-hydrogen) atoms. The Kier molecular flexibility index (Phi) is 5.22. The number of benzene rings is 1. The number of sulfone groups is 1. The second-order valence-electron chi connectivity index (χ2n) is 5.38. The fourth-order valence-electron chi connectivity index (χ4n) is 2.42. The highest BCUT2D eigenvalue weighted by atomic mass is 32.2. The third-order valence-corrected chi connectivity index (χ3v) is 4.89. The molecule has 2 rings (SSSR count). The molecule has 1 heterocycles. The number of carbonyl (C=O) groups excluding carboxylic acids is 1. The Morgan fingerprint density at radius 2 is 1.77 bits per heavy atom. The first-order valence-corrected chi connectivity index (χ1v) is 9.06. The van der Waals surface area contributed by atoms with Crippen LogP contribution in [-0.2, 0) is 9.84 Å². The van der Waals surface area contributed by atoms with Gasteiger partial charge in [-0.25, -0.2) is 8.42 Å². The number of terminal acetylenes is 1. The molecular weight excluding hydrogens is 300 g/mol. The first kappa shape index (κ1) is 16.5. The van der Waals surface area contributed by atoms with Crippen molar-refractivity contribution in [3.8, 4) is 12.3 Å². The second kappa shape index (κ2) is 6.95. The first-order chi connectivity index (χ1) is 10.4. The molecule has 118 valence electrons. The smallest absolute Gasteiger partial charge is 0.253 e. The van der Waals surface area contributed by atoms with Crippen molar-refractivity contribution >= 4 is 15.7 Å². The van der Waals surface area contributed by atoms with Gasteiger partial charge in [0.15, 0.2) is 9.84 Å². The van der Waals surface area contributed by atoms with E-state index in [1.54, 1.807) is 17.0 Å². The Morgan fingerprint density at radius 1 is 1.18 bits per heavy atom. The van der Waals surface area contributed by atoms with Crippen LogP contribution < -0.4 is 0 Å². The molecule has 1 aromatic carbocycles. The number of hydrogen-bond acceptors (Lipinski definition) is 4. The zero-order chi connectivity index (χ0) is 16.2. The summed E-state index contributed by atoms with van der Waals surface area (Å²) in [5, 5.41) is 0. The normalized spacial score (nSPS) is 16.3. The van der Waals surface area contributed by atoms with E-state index in [9.17, 15) is 13.2 Å². The fourth-order valence-corrected chi connectivity index (χ4v) is 3.05. The average Bonchev–Trinajstić information content (AvgIpc) is 2.52. The molecule has 0 saturated carbocycles. The highest BCUT2D eigenvalue weighted by Gasteiger charge is 2.22. The SMILES string of the molecule is C#CCCN1CCN(C(=O)c2ccc(S(C)(=O)=O)cc2)CC1. The average molecular weight is 320 g/mol. The lowest BCUT2D eigenvalue weighted by Gasteiger charge is -2.34. The summed E-state index contributed by atoms with van der Waals surface area (Å²) in [6.07, 6.45) is 7.13. The summed E-state index contributed by atoms with van der Waals surface area (Å²) in [6.45, 7) is 3.82. The molecule has 6 heteroatoms. The molecule has 1 fully saturated rings. The lowest BCUT2D eigenvalue weighted by molar-refractivity contribution is 0.0640. The van der Waals surface area contributed by atoms with Crippen LogP contribution in [0, 0.1) is 12.3 Å². The van der Waals surface area contributed by atoms with Gasteiger partial charge in [0.2, 0.25) is 0 Å². The van der Waals surface area contributed by atoms with Gasteiger partial charge in [-0.05, 0) is 24.3 Å². The molecule has 0 aromatic heterocycles. The minimum atomic E-state index is -3.23. The van der Waals surface area contributed by atoms with Crippen LogP contribution in [0.1, 0.15) is 16.8 Å². The lowest BCUT2D eigenvalue weighted by Crippen LogP contribution is -2.48. The van der Waals surface area contributed by atoms with Gasteiger partial charge in [-0.1, -0.05) is 0 Å². The monoisotopic (exact) mass is 320 g/mol. The van der Waals surface area contributed by atoms with Crippen LogP contribution in [-0.4, -0.2) is 63.1 Å². The molecular formula is C16H20N2O3S. The number of amides is 1. The van der Waals surface area contributed by atoms with Gasteiger partial charge in [0.05, 0.1) is 4.90 Å². The summed E-state index contributed by atoms with van der Waals surface area (Å²) >= 11 is 0. The van der Waals surface area contributed by atoms with Gasteiger partial charge in [-0.2, -0.15) is 0 Å². The summed E-state index contributed by atoms with van der Waals surface area (Å²) in [6, 6.07) is 6.10. The summed E-state index contributed by atoms with van der Waals surface area (Å²) < 4.78 is 22.8. The Bertz CT molecular complexity index is 666. The van der Waals surface area contributed by atoms with Crippen molar-refractivity contribution in [3.63, 3.8) is 0 Å². The van der Waals surface area contributed by atoms with E-state index in [0.29, 0.717) is 18.7 Å². The van der Waals surface area contributed by atoms with E-state index in [-0.39, 0.29) is 10.8 Å². The van der Waals surface area contributed by atoms with Crippen molar-refractivity contribution < 1.29 is 13.2 Å². The van der Waals surface area contributed by atoms with E-state index in [4.69, 9.17) is 6.42 Å². The van der Waals surface area contributed by atoms with Gasteiger partial charge in [-0.15, -0.1) is 12.3 Å². The summed E-state index contributed by atoms with van der Waals surface area (Å²) in [7, 11) is -3.23. The number of rotatable bonds is 4. The Labute approximate surface area is 131 Å². The van der Waals surface area contributed by atoms with Gasteiger partial charge >= 0.3 is 0 Å². The highest BCUT2D eigenvalue weighted by Crippen LogP contribution is 2.13. The Balaban J connectivity index is 1.97. The van der Waals surface area contributed by atoms with E-state index in [1.165, 1.54) is 12.1 Å². The number of nitrogens with zero attached hydrogens (tertiary/aromatic N) is 2. The molecule has 0 aliphatic carbocycles. The van der Waals surface area contributed by atoms with Crippen molar-refractivity contribution in [1.82, 2.24) is 9.80 Å². The molecule has 0 bridgehead atoms. The second-order valence-corrected chi connectivity index (χ2v) is 7.40. The molecule has 1 saturated heterocycles. The maximum Gasteiger partial charge on any atom is 0.253 e. The van der Waals surface area contributed by atoms with E-state index in [2.05, 4.69) is 10.8 Å². The molecule has 0 radical (unpaired) electrons. The van der Waals surface area contributed by atoms with E-state index in [1.807, 2.05) is 0 Å². The van der Waals surface area contributed by atoms with Gasteiger partial charge < -0.3 is 4.90 Å². The molecule has 0 unspecified atom stereocenters.